The number of rotatable bonds is 1. The van der Waals surface area contributed by atoms with Gasteiger partial charge in [0.2, 0.25) is 0 Å². The van der Waals surface area contributed by atoms with E-state index in [4.69, 9.17) is 0 Å². The molecule has 0 aliphatic carbocycles. The molecule has 66 valence electrons. The van der Waals surface area contributed by atoms with Crippen molar-refractivity contribution in [1.82, 2.24) is 4.90 Å². The Bertz CT molecular complexity index is 123. The molecule has 1 nitrogen and oxygen atoms in total. The van der Waals surface area contributed by atoms with Crippen molar-refractivity contribution in [3.05, 3.63) is 0 Å². The van der Waals surface area contributed by atoms with Gasteiger partial charge in [-0.25, -0.2) is 0 Å². The molecule has 0 aromatic heterocycles. The molecule has 0 radical (unpaired) electrons. The van der Waals surface area contributed by atoms with E-state index in [1.807, 2.05) is 0 Å². The molecule has 0 saturated carbocycles. The highest BCUT2D eigenvalue weighted by Crippen LogP contribution is 2.27. The van der Waals surface area contributed by atoms with Crippen LogP contribution >= 0.6 is 0 Å². The summed E-state index contributed by atoms with van der Waals surface area (Å²) in [6, 6.07) is 0.856. The van der Waals surface area contributed by atoms with Gasteiger partial charge in [-0.15, -0.1) is 0 Å². The van der Waals surface area contributed by atoms with Gasteiger partial charge in [0, 0.05) is 11.6 Å². The van der Waals surface area contributed by atoms with Crippen LogP contribution in [0.4, 0.5) is 0 Å². The second-order valence-electron chi connectivity index (χ2n) is 4.57. The maximum atomic E-state index is 2.65. The molecule has 1 atom stereocenters. The molecule has 1 rings (SSSR count). The highest BCUT2D eigenvalue weighted by atomic mass is 15.2. The minimum Gasteiger partial charge on any atom is -0.296 e. The molecule has 0 N–H and O–H groups in total. The normalized spacial score (nSPS) is 27.8. The third kappa shape index (κ3) is 1.96. The second-order valence-corrected chi connectivity index (χ2v) is 4.57. The first-order valence-electron chi connectivity index (χ1n) is 4.82. The van der Waals surface area contributed by atoms with Crippen molar-refractivity contribution >= 4 is 0 Å². The Morgan fingerprint density at radius 1 is 1.36 bits per heavy atom. The fraction of sp³-hybridized carbons (Fsp3) is 1.00. The van der Waals surface area contributed by atoms with Crippen molar-refractivity contribution in [3.8, 4) is 0 Å². The molecule has 0 amide bonds. The van der Waals surface area contributed by atoms with Crippen LogP contribution < -0.4 is 0 Å². The summed E-state index contributed by atoms with van der Waals surface area (Å²) in [7, 11) is 0. The quantitative estimate of drug-likeness (QED) is 0.562. The number of likely N-dealkylation sites (tertiary alicyclic amines) is 1. The van der Waals surface area contributed by atoms with E-state index < -0.39 is 0 Å². The number of hydrogen-bond acceptors (Lipinski definition) is 1. The Morgan fingerprint density at radius 3 is 2.36 bits per heavy atom. The summed E-state index contributed by atoms with van der Waals surface area (Å²) in [5, 5.41) is 0. The largest absolute Gasteiger partial charge is 0.296 e. The van der Waals surface area contributed by atoms with Crippen molar-refractivity contribution < 1.29 is 0 Å². The topological polar surface area (TPSA) is 3.24 Å². The van der Waals surface area contributed by atoms with Gasteiger partial charge in [-0.1, -0.05) is 6.92 Å². The van der Waals surface area contributed by atoms with Gasteiger partial charge in [-0.3, -0.25) is 4.90 Å². The predicted molar refractivity (Wildman–Crippen MR) is 49.8 cm³/mol. The van der Waals surface area contributed by atoms with Crippen molar-refractivity contribution in [3.63, 3.8) is 0 Å². The second kappa shape index (κ2) is 3.14. The average molecular weight is 155 g/mol. The smallest absolute Gasteiger partial charge is 0.0127 e. The van der Waals surface area contributed by atoms with E-state index >= 15 is 0 Å². The van der Waals surface area contributed by atoms with Gasteiger partial charge in [-0.05, 0) is 46.6 Å². The molecule has 1 heterocycles. The molecule has 1 fully saturated rings. The summed E-state index contributed by atoms with van der Waals surface area (Å²) < 4.78 is 0. The van der Waals surface area contributed by atoms with Gasteiger partial charge in [-0.2, -0.15) is 0 Å². The van der Waals surface area contributed by atoms with Crippen LogP contribution in [0.5, 0.6) is 0 Å². The molecule has 0 bridgehead atoms. The van der Waals surface area contributed by atoms with Crippen molar-refractivity contribution in [2.75, 3.05) is 6.54 Å². The molecule has 0 spiro atoms. The highest BCUT2D eigenvalue weighted by molar-refractivity contribution is 4.87. The van der Waals surface area contributed by atoms with Crippen LogP contribution in [0.2, 0.25) is 0 Å². The van der Waals surface area contributed by atoms with Crippen LogP contribution in [0.3, 0.4) is 0 Å². The molecule has 1 heteroatoms. The monoisotopic (exact) mass is 155 g/mol. The van der Waals surface area contributed by atoms with Crippen molar-refractivity contribution in [2.24, 2.45) is 0 Å². The Balaban J connectivity index is 2.57. The van der Waals surface area contributed by atoms with E-state index in [1.165, 1.54) is 25.8 Å². The molecule has 1 unspecified atom stereocenters. The third-order valence-corrected chi connectivity index (χ3v) is 2.71. The zero-order valence-electron chi connectivity index (χ0n) is 8.35. The van der Waals surface area contributed by atoms with Crippen LogP contribution in [0.1, 0.15) is 47.0 Å². The summed E-state index contributed by atoms with van der Waals surface area (Å²) in [4.78, 5) is 2.65. The fourth-order valence-corrected chi connectivity index (χ4v) is 2.14. The Hall–Kier alpha value is -0.0400. The van der Waals surface area contributed by atoms with Crippen LogP contribution in [0, 0.1) is 0 Å². The molecule has 11 heavy (non-hydrogen) atoms. The SMILES string of the molecule is CCC1CCCN1C(C)(C)C. The van der Waals surface area contributed by atoms with Crippen LogP contribution in [0.25, 0.3) is 0 Å². The van der Waals surface area contributed by atoms with Crippen LogP contribution in [0.15, 0.2) is 0 Å². The number of nitrogens with zero attached hydrogens (tertiary/aromatic N) is 1. The molecule has 1 aliphatic heterocycles. The van der Waals surface area contributed by atoms with Crippen molar-refractivity contribution in [2.45, 2.75) is 58.5 Å². The molecule has 1 saturated heterocycles. The molecule has 1 aliphatic rings. The number of hydrogen-bond donors (Lipinski definition) is 0. The van der Waals surface area contributed by atoms with E-state index in [0.717, 1.165) is 6.04 Å². The Morgan fingerprint density at radius 2 is 2.00 bits per heavy atom. The van der Waals surface area contributed by atoms with E-state index in [1.54, 1.807) is 0 Å². The van der Waals surface area contributed by atoms with Crippen molar-refractivity contribution in [1.29, 1.82) is 0 Å². The highest BCUT2D eigenvalue weighted by Gasteiger charge is 2.31. The Labute approximate surface area is 70.8 Å². The van der Waals surface area contributed by atoms with Crippen LogP contribution in [-0.4, -0.2) is 23.0 Å². The first-order chi connectivity index (χ1) is 5.05. The summed E-state index contributed by atoms with van der Waals surface area (Å²) in [5.74, 6) is 0. The lowest BCUT2D eigenvalue weighted by atomic mass is 10.0. The molecular weight excluding hydrogens is 134 g/mol. The standard InChI is InChI=1S/C10H21N/c1-5-9-7-6-8-11(9)10(2,3)4/h9H,5-8H2,1-4H3. The fourth-order valence-electron chi connectivity index (χ4n) is 2.14. The van der Waals surface area contributed by atoms with Gasteiger partial charge in [0.05, 0.1) is 0 Å². The first kappa shape index (κ1) is 9.05. The van der Waals surface area contributed by atoms with Gasteiger partial charge in [0.25, 0.3) is 0 Å². The summed E-state index contributed by atoms with van der Waals surface area (Å²) >= 11 is 0. The van der Waals surface area contributed by atoms with Gasteiger partial charge < -0.3 is 0 Å². The molecule has 0 aromatic rings. The maximum absolute atomic E-state index is 2.65. The minimum absolute atomic E-state index is 0.386. The third-order valence-electron chi connectivity index (χ3n) is 2.71. The van der Waals surface area contributed by atoms with E-state index in [-0.39, 0.29) is 0 Å². The summed E-state index contributed by atoms with van der Waals surface area (Å²) in [5.41, 5.74) is 0.386. The lowest BCUT2D eigenvalue weighted by Crippen LogP contribution is -2.44. The average Bonchev–Trinajstić information content (AvgIpc) is 2.31. The minimum atomic E-state index is 0.386. The van der Waals surface area contributed by atoms with Gasteiger partial charge in [0.1, 0.15) is 0 Å². The first-order valence-corrected chi connectivity index (χ1v) is 4.82. The zero-order valence-corrected chi connectivity index (χ0v) is 8.35. The van der Waals surface area contributed by atoms with E-state index in [2.05, 4.69) is 32.6 Å². The van der Waals surface area contributed by atoms with Gasteiger partial charge >= 0.3 is 0 Å². The molecular formula is C10H21N. The molecule has 0 aromatic carbocycles. The van der Waals surface area contributed by atoms with E-state index in [0.29, 0.717) is 5.54 Å². The van der Waals surface area contributed by atoms with Gasteiger partial charge in [0.15, 0.2) is 0 Å². The lowest BCUT2D eigenvalue weighted by Gasteiger charge is -2.36. The van der Waals surface area contributed by atoms with E-state index in [9.17, 15) is 0 Å². The summed E-state index contributed by atoms with van der Waals surface area (Å²) in [6.45, 7) is 10.6. The zero-order chi connectivity index (χ0) is 8.48. The maximum Gasteiger partial charge on any atom is 0.0127 e. The lowest BCUT2D eigenvalue weighted by molar-refractivity contribution is 0.119. The van der Waals surface area contributed by atoms with Crippen LogP contribution in [-0.2, 0) is 0 Å². The Kier molecular flexibility index (Phi) is 2.58. The predicted octanol–water partition coefficient (Wildman–Crippen LogP) is 2.66. The summed E-state index contributed by atoms with van der Waals surface area (Å²) in [6.07, 6.45) is 4.13.